The third kappa shape index (κ3) is 4.61. The van der Waals surface area contributed by atoms with E-state index in [9.17, 15) is 4.79 Å². The van der Waals surface area contributed by atoms with Gasteiger partial charge >= 0.3 is 0 Å². The predicted molar refractivity (Wildman–Crippen MR) is 129 cm³/mol. The molecular weight excluding hydrogens is 390 g/mol. The Bertz CT molecular complexity index is 836. The van der Waals surface area contributed by atoms with Crippen molar-refractivity contribution in [2.75, 3.05) is 23.4 Å². The highest BCUT2D eigenvalue weighted by atomic mass is 32.1. The Kier molecular flexibility index (Phi) is 6.57. The summed E-state index contributed by atoms with van der Waals surface area (Å²) < 4.78 is 0. The summed E-state index contributed by atoms with van der Waals surface area (Å²) in [6, 6.07) is 16.9. The summed E-state index contributed by atoms with van der Waals surface area (Å²) in [5.41, 5.74) is 4.09. The summed E-state index contributed by atoms with van der Waals surface area (Å²) in [6.45, 7) is 0. The molecule has 0 aromatic heterocycles. The van der Waals surface area contributed by atoms with Gasteiger partial charge in [0.15, 0.2) is 0 Å². The van der Waals surface area contributed by atoms with Crippen LogP contribution in [0.15, 0.2) is 48.5 Å². The zero-order chi connectivity index (χ0) is 21.0. The summed E-state index contributed by atoms with van der Waals surface area (Å²) in [7, 11) is 1.96. The fourth-order valence-corrected chi connectivity index (χ4v) is 5.04. The molecule has 5 heteroatoms. The SMILES string of the molecule is CN(C(=O)c1ccc(CC2(CCCS)Nc3ccccc3N2)cc1)C1CCCCC1. The molecule has 1 amide bonds. The lowest BCUT2D eigenvalue weighted by atomic mass is 9.93. The molecule has 1 aliphatic heterocycles. The number of benzene rings is 2. The first-order valence-electron chi connectivity index (χ1n) is 11.2. The van der Waals surface area contributed by atoms with E-state index < -0.39 is 0 Å². The Morgan fingerprint density at radius 1 is 1.03 bits per heavy atom. The van der Waals surface area contributed by atoms with Crippen molar-refractivity contribution < 1.29 is 4.79 Å². The van der Waals surface area contributed by atoms with Crippen LogP contribution in [0.3, 0.4) is 0 Å². The van der Waals surface area contributed by atoms with Crippen LogP contribution >= 0.6 is 12.6 Å². The number of hydrogen-bond donors (Lipinski definition) is 3. The van der Waals surface area contributed by atoms with Crippen LogP contribution < -0.4 is 10.6 Å². The smallest absolute Gasteiger partial charge is 0.253 e. The van der Waals surface area contributed by atoms with Gasteiger partial charge < -0.3 is 15.5 Å². The summed E-state index contributed by atoms with van der Waals surface area (Å²) >= 11 is 4.42. The third-order valence-electron chi connectivity index (χ3n) is 6.59. The molecule has 4 nitrogen and oxygen atoms in total. The summed E-state index contributed by atoms with van der Waals surface area (Å²) in [6.07, 6.45) is 8.89. The van der Waals surface area contributed by atoms with Crippen molar-refractivity contribution >= 4 is 29.9 Å². The predicted octanol–water partition coefficient (Wildman–Crippen LogP) is 5.58. The van der Waals surface area contributed by atoms with Gasteiger partial charge in [-0.15, -0.1) is 0 Å². The van der Waals surface area contributed by atoms with Crippen molar-refractivity contribution in [1.29, 1.82) is 0 Å². The normalized spacial score (nSPS) is 17.7. The van der Waals surface area contributed by atoms with Gasteiger partial charge in [0.25, 0.3) is 5.91 Å². The van der Waals surface area contributed by atoms with Crippen LogP contribution in [-0.2, 0) is 6.42 Å². The van der Waals surface area contributed by atoms with Crippen LogP contribution in [0.25, 0.3) is 0 Å². The van der Waals surface area contributed by atoms with E-state index in [1.807, 2.05) is 24.1 Å². The topological polar surface area (TPSA) is 44.4 Å². The lowest BCUT2D eigenvalue weighted by Crippen LogP contribution is -2.44. The van der Waals surface area contributed by atoms with Gasteiger partial charge in [-0.3, -0.25) is 4.79 Å². The van der Waals surface area contributed by atoms with Crippen molar-refractivity contribution in [3.05, 3.63) is 59.7 Å². The standard InChI is InChI=1S/C25H33N3OS/c1-28(21-8-3-2-4-9-21)24(29)20-14-12-19(13-15-20)18-25(16-7-17-30)26-22-10-5-6-11-23(22)27-25/h5-6,10-15,21,26-27,30H,2-4,7-9,16-18H2,1H3. The molecule has 0 bridgehead atoms. The molecule has 1 saturated carbocycles. The first-order valence-corrected chi connectivity index (χ1v) is 11.9. The summed E-state index contributed by atoms with van der Waals surface area (Å²) in [5.74, 6) is 1.00. The van der Waals surface area contributed by atoms with Gasteiger partial charge in [0.1, 0.15) is 5.66 Å². The van der Waals surface area contributed by atoms with Crippen LogP contribution in [0.1, 0.15) is 60.9 Å². The molecule has 0 saturated heterocycles. The Balaban J connectivity index is 1.45. The number of para-hydroxylation sites is 2. The zero-order valence-corrected chi connectivity index (χ0v) is 18.8. The van der Waals surface area contributed by atoms with Gasteiger partial charge in [-0.2, -0.15) is 12.6 Å². The molecule has 160 valence electrons. The molecule has 0 radical (unpaired) electrons. The Hall–Kier alpha value is -2.14. The average Bonchev–Trinajstić information content (AvgIpc) is 3.16. The number of fused-ring (bicyclic) bond motifs is 1. The maximum absolute atomic E-state index is 12.9. The second-order valence-corrected chi connectivity index (χ2v) is 9.23. The van der Waals surface area contributed by atoms with E-state index in [1.54, 1.807) is 0 Å². The number of amides is 1. The highest BCUT2D eigenvalue weighted by Crippen LogP contribution is 2.38. The number of nitrogens with one attached hydrogen (secondary N) is 2. The number of carbonyl (C=O) groups excluding carboxylic acids is 1. The molecule has 2 N–H and O–H groups in total. The van der Waals surface area contributed by atoms with Crippen molar-refractivity contribution in [3.8, 4) is 0 Å². The molecule has 4 rings (SSSR count). The van der Waals surface area contributed by atoms with Gasteiger partial charge in [-0.05, 0) is 61.3 Å². The minimum Gasteiger partial charge on any atom is -0.361 e. The van der Waals surface area contributed by atoms with Crippen molar-refractivity contribution in [2.24, 2.45) is 0 Å². The van der Waals surface area contributed by atoms with E-state index in [1.165, 1.54) is 24.8 Å². The Morgan fingerprint density at radius 2 is 1.67 bits per heavy atom. The van der Waals surface area contributed by atoms with Crippen molar-refractivity contribution in [1.82, 2.24) is 4.90 Å². The van der Waals surface area contributed by atoms with Crippen molar-refractivity contribution in [3.63, 3.8) is 0 Å². The van der Waals surface area contributed by atoms with Crippen LogP contribution in [0, 0.1) is 0 Å². The molecule has 2 aliphatic rings. The minimum atomic E-state index is -0.211. The second kappa shape index (κ2) is 9.34. The number of nitrogens with zero attached hydrogens (tertiary/aromatic N) is 1. The van der Waals surface area contributed by atoms with Crippen LogP contribution in [-0.4, -0.2) is 35.3 Å². The summed E-state index contributed by atoms with van der Waals surface area (Å²) in [5, 5.41) is 7.42. The molecule has 1 heterocycles. The van der Waals surface area contributed by atoms with Gasteiger partial charge in [-0.25, -0.2) is 0 Å². The highest BCUT2D eigenvalue weighted by Gasteiger charge is 2.35. The number of rotatable bonds is 7. The highest BCUT2D eigenvalue weighted by molar-refractivity contribution is 7.80. The van der Waals surface area contributed by atoms with Gasteiger partial charge in [-0.1, -0.05) is 43.5 Å². The lowest BCUT2D eigenvalue weighted by Gasteiger charge is -2.32. The molecular formula is C25H33N3OS. The maximum Gasteiger partial charge on any atom is 0.253 e. The molecule has 0 atom stereocenters. The fourth-order valence-electron chi connectivity index (χ4n) is 4.88. The number of carbonyl (C=O) groups is 1. The maximum atomic E-state index is 12.9. The summed E-state index contributed by atoms with van der Waals surface area (Å²) in [4.78, 5) is 14.9. The average molecular weight is 424 g/mol. The van der Waals surface area contributed by atoms with Crippen LogP contribution in [0.4, 0.5) is 11.4 Å². The molecule has 2 aromatic rings. The number of thiol groups is 1. The van der Waals surface area contributed by atoms with Gasteiger partial charge in [0.05, 0.1) is 11.4 Å². The first kappa shape index (κ1) is 21.1. The molecule has 0 unspecified atom stereocenters. The van der Waals surface area contributed by atoms with Gasteiger partial charge in [0, 0.05) is 25.1 Å². The fraction of sp³-hybridized carbons (Fsp3) is 0.480. The Labute approximate surface area is 185 Å². The molecule has 2 aromatic carbocycles. The van der Waals surface area contributed by atoms with Crippen LogP contribution in [0.2, 0.25) is 0 Å². The number of anilines is 2. The molecule has 0 spiro atoms. The molecule has 1 fully saturated rings. The quantitative estimate of drug-likeness (QED) is 0.510. The third-order valence-corrected chi connectivity index (χ3v) is 6.90. The molecule has 1 aliphatic carbocycles. The van der Waals surface area contributed by atoms with E-state index in [0.717, 1.165) is 54.8 Å². The first-order chi connectivity index (χ1) is 14.6. The van der Waals surface area contributed by atoms with E-state index in [0.29, 0.717) is 6.04 Å². The Morgan fingerprint density at radius 3 is 2.27 bits per heavy atom. The van der Waals surface area contributed by atoms with E-state index in [4.69, 9.17) is 0 Å². The second-order valence-electron chi connectivity index (χ2n) is 8.79. The minimum absolute atomic E-state index is 0.141. The molecule has 30 heavy (non-hydrogen) atoms. The van der Waals surface area contributed by atoms with Crippen LogP contribution in [0.5, 0.6) is 0 Å². The van der Waals surface area contributed by atoms with E-state index >= 15 is 0 Å². The monoisotopic (exact) mass is 423 g/mol. The van der Waals surface area contributed by atoms with E-state index in [2.05, 4.69) is 59.7 Å². The van der Waals surface area contributed by atoms with Crippen molar-refractivity contribution in [2.45, 2.75) is 63.1 Å². The van der Waals surface area contributed by atoms with Gasteiger partial charge in [0.2, 0.25) is 0 Å². The van der Waals surface area contributed by atoms with E-state index in [-0.39, 0.29) is 11.6 Å². The zero-order valence-electron chi connectivity index (χ0n) is 17.9. The number of hydrogen-bond acceptors (Lipinski definition) is 4. The largest absolute Gasteiger partial charge is 0.361 e. The lowest BCUT2D eigenvalue weighted by molar-refractivity contribution is 0.0696.